The van der Waals surface area contributed by atoms with Gasteiger partial charge in [0.1, 0.15) is 0 Å². The first-order chi connectivity index (χ1) is 10.5. The van der Waals surface area contributed by atoms with Gasteiger partial charge in [-0.3, -0.25) is 14.9 Å². The minimum atomic E-state index is -0.739. The SMILES string of the molecule is COC(=O)c1cc(C(=O)NC[C@H]2CCCO2)cc([N+](=O)[O-])c1. The molecule has 0 saturated carbocycles. The van der Waals surface area contributed by atoms with Crippen molar-refractivity contribution in [3.63, 3.8) is 0 Å². The number of nitro groups is 1. The molecule has 1 aliphatic heterocycles. The average molecular weight is 308 g/mol. The summed E-state index contributed by atoms with van der Waals surface area (Å²) in [6.07, 6.45) is 1.77. The summed E-state index contributed by atoms with van der Waals surface area (Å²) in [5.74, 6) is -1.23. The van der Waals surface area contributed by atoms with Crippen LogP contribution in [0.3, 0.4) is 0 Å². The molecule has 2 rings (SSSR count). The van der Waals surface area contributed by atoms with Crippen molar-refractivity contribution in [1.82, 2.24) is 5.32 Å². The van der Waals surface area contributed by atoms with Gasteiger partial charge in [-0.25, -0.2) is 4.79 Å². The molecule has 1 heterocycles. The van der Waals surface area contributed by atoms with Crippen LogP contribution >= 0.6 is 0 Å². The van der Waals surface area contributed by atoms with E-state index in [2.05, 4.69) is 10.1 Å². The fourth-order valence-electron chi connectivity index (χ4n) is 2.20. The molecule has 0 spiro atoms. The number of esters is 1. The minimum Gasteiger partial charge on any atom is -0.465 e. The summed E-state index contributed by atoms with van der Waals surface area (Å²) in [5.41, 5.74) is -0.350. The van der Waals surface area contributed by atoms with E-state index >= 15 is 0 Å². The molecule has 0 radical (unpaired) electrons. The van der Waals surface area contributed by atoms with Gasteiger partial charge in [-0.2, -0.15) is 0 Å². The van der Waals surface area contributed by atoms with Crippen LogP contribution in [-0.2, 0) is 9.47 Å². The molecule has 1 aliphatic rings. The second-order valence-electron chi connectivity index (χ2n) is 4.86. The molecule has 1 saturated heterocycles. The third kappa shape index (κ3) is 3.79. The molecule has 8 nitrogen and oxygen atoms in total. The zero-order chi connectivity index (χ0) is 16.1. The number of nitro benzene ring substituents is 1. The Bertz CT molecular complexity index is 595. The second kappa shape index (κ2) is 6.99. The Morgan fingerprint density at radius 3 is 2.73 bits per heavy atom. The number of nitrogens with one attached hydrogen (secondary N) is 1. The van der Waals surface area contributed by atoms with E-state index in [-0.39, 0.29) is 22.9 Å². The number of carbonyl (C=O) groups excluding carboxylic acids is 2. The van der Waals surface area contributed by atoms with Gasteiger partial charge in [0, 0.05) is 30.8 Å². The van der Waals surface area contributed by atoms with Crippen LogP contribution in [0.5, 0.6) is 0 Å². The normalized spacial score (nSPS) is 17.0. The number of rotatable bonds is 5. The van der Waals surface area contributed by atoms with Crippen LogP contribution in [0.4, 0.5) is 5.69 Å². The van der Waals surface area contributed by atoms with Crippen molar-refractivity contribution >= 4 is 17.6 Å². The van der Waals surface area contributed by atoms with E-state index in [0.717, 1.165) is 25.0 Å². The molecule has 1 fully saturated rings. The molecule has 0 aromatic heterocycles. The summed E-state index contributed by atoms with van der Waals surface area (Å²) in [6.45, 7) is 0.999. The van der Waals surface area contributed by atoms with Crippen molar-refractivity contribution < 1.29 is 24.0 Å². The highest BCUT2D eigenvalue weighted by Crippen LogP contribution is 2.18. The molecule has 0 aliphatic carbocycles. The smallest absolute Gasteiger partial charge is 0.338 e. The molecular formula is C14H16N2O6. The topological polar surface area (TPSA) is 108 Å². The van der Waals surface area contributed by atoms with E-state index < -0.39 is 16.8 Å². The van der Waals surface area contributed by atoms with Crippen LogP contribution in [0.1, 0.15) is 33.6 Å². The standard InChI is InChI=1S/C14H16N2O6/c1-21-14(18)10-5-9(6-11(7-10)16(19)20)13(17)15-8-12-3-2-4-22-12/h5-7,12H,2-4,8H2,1H3,(H,15,17)/t12-/m1/s1. The van der Waals surface area contributed by atoms with Gasteiger partial charge in [0.05, 0.1) is 23.7 Å². The lowest BCUT2D eigenvalue weighted by Gasteiger charge is -2.11. The summed E-state index contributed by atoms with van der Waals surface area (Å²) in [7, 11) is 1.17. The zero-order valence-corrected chi connectivity index (χ0v) is 12.0. The van der Waals surface area contributed by atoms with Crippen molar-refractivity contribution in [2.75, 3.05) is 20.3 Å². The number of nitrogens with zero attached hydrogens (tertiary/aromatic N) is 1. The van der Waals surface area contributed by atoms with E-state index in [4.69, 9.17) is 4.74 Å². The van der Waals surface area contributed by atoms with Gasteiger partial charge in [0.25, 0.3) is 11.6 Å². The third-order valence-corrected chi connectivity index (χ3v) is 3.33. The van der Waals surface area contributed by atoms with Gasteiger partial charge in [-0.1, -0.05) is 0 Å². The van der Waals surface area contributed by atoms with Crippen LogP contribution in [0.25, 0.3) is 0 Å². The first kappa shape index (κ1) is 15.9. The Morgan fingerprint density at radius 1 is 1.41 bits per heavy atom. The molecule has 118 valence electrons. The van der Waals surface area contributed by atoms with Crippen LogP contribution in [0, 0.1) is 10.1 Å². The van der Waals surface area contributed by atoms with E-state index in [1.54, 1.807) is 0 Å². The van der Waals surface area contributed by atoms with E-state index in [9.17, 15) is 19.7 Å². The highest BCUT2D eigenvalue weighted by Gasteiger charge is 2.20. The summed E-state index contributed by atoms with van der Waals surface area (Å²) in [6, 6.07) is 3.46. The average Bonchev–Trinajstić information content (AvgIpc) is 3.04. The molecule has 1 aromatic rings. The lowest BCUT2D eigenvalue weighted by molar-refractivity contribution is -0.384. The molecular weight excluding hydrogens is 292 g/mol. The highest BCUT2D eigenvalue weighted by molar-refractivity contribution is 5.98. The molecule has 22 heavy (non-hydrogen) atoms. The Balaban J connectivity index is 2.16. The van der Waals surface area contributed by atoms with Crippen molar-refractivity contribution in [2.45, 2.75) is 18.9 Å². The highest BCUT2D eigenvalue weighted by atomic mass is 16.6. The molecule has 1 N–H and O–H groups in total. The summed E-state index contributed by atoms with van der Waals surface area (Å²) >= 11 is 0. The maximum absolute atomic E-state index is 12.1. The van der Waals surface area contributed by atoms with Gasteiger partial charge >= 0.3 is 5.97 Å². The number of ether oxygens (including phenoxy) is 2. The predicted molar refractivity (Wildman–Crippen MR) is 75.7 cm³/mol. The maximum atomic E-state index is 12.1. The monoisotopic (exact) mass is 308 g/mol. The van der Waals surface area contributed by atoms with Crippen LogP contribution in [0.15, 0.2) is 18.2 Å². The van der Waals surface area contributed by atoms with Crippen molar-refractivity contribution in [1.29, 1.82) is 0 Å². The van der Waals surface area contributed by atoms with E-state index in [0.29, 0.717) is 13.2 Å². The number of non-ortho nitro benzene ring substituents is 1. The van der Waals surface area contributed by atoms with Gasteiger partial charge in [0.2, 0.25) is 0 Å². The molecule has 0 bridgehead atoms. The lowest BCUT2D eigenvalue weighted by Crippen LogP contribution is -2.31. The maximum Gasteiger partial charge on any atom is 0.338 e. The fourth-order valence-corrected chi connectivity index (χ4v) is 2.20. The number of hydrogen-bond acceptors (Lipinski definition) is 6. The number of benzene rings is 1. The summed E-state index contributed by atoms with van der Waals surface area (Å²) < 4.78 is 9.92. The molecule has 1 atom stereocenters. The van der Waals surface area contributed by atoms with Crippen molar-refractivity contribution in [3.8, 4) is 0 Å². The number of hydrogen-bond donors (Lipinski definition) is 1. The molecule has 1 aromatic carbocycles. The first-order valence-electron chi connectivity index (χ1n) is 6.79. The van der Waals surface area contributed by atoms with Gasteiger partial charge < -0.3 is 14.8 Å². The predicted octanol–water partition coefficient (Wildman–Crippen LogP) is 1.29. The Labute approximate surface area is 126 Å². The minimum absolute atomic E-state index is 0.0348. The quantitative estimate of drug-likeness (QED) is 0.499. The number of amides is 1. The summed E-state index contributed by atoms with van der Waals surface area (Å²) in [4.78, 5) is 33.9. The largest absolute Gasteiger partial charge is 0.465 e. The second-order valence-corrected chi connectivity index (χ2v) is 4.86. The zero-order valence-electron chi connectivity index (χ0n) is 12.0. The Kier molecular flexibility index (Phi) is 5.05. The van der Waals surface area contributed by atoms with Crippen molar-refractivity contribution in [2.24, 2.45) is 0 Å². The van der Waals surface area contributed by atoms with Gasteiger partial charge in [-0.15, -0.1) is 0 Å². The fraction of sp³-hybridized carbons (Fsp3) is 0.429. The molecule has 8 heteroatoms. The van der Waals surface area contributed by atoms with Gasteiger partial charge in [0.15, 0.2) is 0 Å². The Morgan fingerprint density at radius 2 is 2.14 bits per heavy atom. The van der Waals surface area contributed by atoms with E-state index in [1.807, 2.05) is 0 Å². The van der Waals surface area contributed by atoms with Crippen molar-refractivity contribution in [3.05, 3.63) is 39.4 Å². The van der Waals surface area contributed by atoms with E-state index in [1.165, 1.54) is 13.2 Å². The summed E-state index contributed by atoms with van der Waals surface area (Å²) in [5, 5.41) is 13.6. The van der Waals surface area contributed by atoms with Crippen LogP contribution in [0.2, 0.25) is 0 Å². The lowest BCUT2D eigenvalue weighted by atomic mass is 10.1. The van der Waals surface area contributed by atoms with Gasteiger partial charge in [-0.05, 0) is 18.9 Å². The van der Waals surface area contributed by atoms with Crippen LogP contribution < -0.4 is 5.32 Å². The third-order valence-electron chi connectivity index (χ3n) is 3.33. The molecule has 1 amide bonds. The van der Waals surface area contributed by atoms with Crippen LogP contribution in [-0.4, -0.2) is 43.2 Å². The number of carbonyl (C=O) groups is 2. The molecule has 0 unspecified atom stereocenters. The Hall–Kier alpha value is -2.48. The first-order valence-corrected chi connectivity index (χ1v) is 6.79. The number of methoxy groups -OCH3 is 1.